The van der Waals surface area contributed by atoms with Gasteiger partial charge >= 0.3 is 0 Å². The van der Waals surface area contributed by atoms with E-state index in [2.05, 4.69) is 24.1 Å². The standard InChI is InChI=1S/C11H15N3O2S/c1-6(2)8-5-17-11(13-8)12-7-4-9(15)14(3)10(7)16/h5-7H,4H2,1-3H3,(H,12,13). The van der Waals surface area contributed by atoms with Gasteiger partial charge in [0.2, 0.25) is 5.91 Å². The van der Waals surface area contributed by atoms with E-state index in [-0.39, 0.29) is 18.2 Å². The molecule has 2 heterocycles. The van der Waals surface area contributed by atoms with Crippen LogP contribution in [0.4, 0.5) is 5.13 Å². The zero-order valence-corrected chi connectivity index (χ0v) is 10.9. The summed E-state index contributed by atoms with van der Waals surface area (Å²) in [6.45, 7) is 4.13. The highest BCUT2D eigenvalue weighted by molar-refractivity contribution is 7.13. The molecule has 92 valence electrons. The second-order valence-electron chi connectivity index (χ2n) is 4.42. The minimum atomic E-state index is -0.460. The maximum absolute atomic E-state index is 11.7. The number of anilines is 1. The summed E-state index contributed by atoms with van der Waals surface area (Å²) >= 11 is 1.46. The van der Waals surface area contributed by atoms with Crippen LogP contribution in [-0.2, 0) is 9.59 Å². The van der Waals surface area contributed by atoms with Gasteiger partial charge in [-0.3, -0.25) is 14.5 Å². The smallest absolute Gasteiger partial charge is 0.251 e. The third-order valence-electron chi connectivity index (χ3n) is 2.79. The van der Waals surface area contributed by atoms with Crippen molar-refractivity contribution < 1.29 is 9.59 Å². The maximum atomic E-state index is 11.7. The fraction of sp³-hybridized carbons (Fsp3) is 0.545. The summed E-state index contributed by atoms with van der Waals surface area (Å²) < 4.78 is 0. The van der Waals surface area contributed by atoms with E-state index in [0.717, 1.165) is 10.6 Å². The average molecular weight is 253 g/mol. The monoisotopic (exact) mass is 253 g/mol. The highest BCUT2D eigenvalue weighted by Crippen LogP contribution is 2.24. The Kier molecular flexibility index (Phi) is 3.15. The molecule has 0 bridgehead atoms. The molecular formula is C11H15N3O2S. The maximum Gasteiger partial charge on any atom is 0.251 e. The summed E-state index contributed by atoms with van der Waals surface area (Å²) in [5, 5.41) is 5.70. The van der Waals surface area contributed by atoms with Crippen molar-refractivity contribution in [1.82, 2.24) is 9.88 Å². The van der Waals surface area contributed by atoms with E-state index in [1.165, 1.54) is 18.4 Å². The number of carbonyl (C=O) groups is 2. The van der Waals surface area contributed by atoms with E-state index in [9.17, 15) is 9.59 Å². The fourth-order valence-corrected chi connectivity index (χ4v) is 2.56. The lowest BCUT2D eigenvalue weighted by molar-refractivity contribution is -0.136. The summed E-state index contributed by atoms with van der Waals surface area (Å²) in [6, 6.07) is -0.460. The Morgan fingerprint density at radius 1 is 1.53 bits per heavy atom. The van der Waals surface area contributed by atoms with E-state index >= 15 is 0 Å². The van der Waals surface area contributed by atoms with Crippen molar-refractivity contribution in [3.8, 4) is 0 Å². The SMILES string of the molecule is CC(C)c1csc(NC2CC(=O)N(C)C2=O)n1. The van der Waals surface area contributed by atoms with Crippen molar-refractivity contribution in [1.29, 1.82) is 0 Å². The summed E-state index contributed by atoms with van der Waals surface area (Å²) in [5.74, 6) is 0.0369. The number of hydrogen-bond acceptors (Lipinski definition) is 5. The summed E-state index contributed by atoms with van der Waals surface area (Å²) in [6.07, 6.45) is 0.214. The molecule has 1 N–H and O–H groups in total. The van der Waals surface area contributed by atoms with Crippen LogP contribution in [0.25, 0.3) is 0 Å². The molecule has 2 rings (SSSR count). The number of imide groups is 1. The van der Waals surface area contributed by atoms with Gasteiger partial charge in [0.05, 0.1) is 12.1 Å². The Hall–Kier alpha value is -1.43. The molecule has 0 spiro atoms. The largest absolute Gasteiger partial charge is 0.349 e. The second kappa shape index (κ2) is 4.44. The van der Waals surface area contributed by atoms with Crippen molar-refractivity contribution in [3.63, 3.8) is 0 Å². The van der Waals surface area contributed by atoms with Crippen molar-refractivity contribution in [2.45, 2.75) is 32.2 Å². The van der Waals surface area contributed by atoms with Crippen molar-refractivity contribution in [2.24, 2.45) is 0 Å². The van der Waals surface area contributed by atoms with Crippen LogP contribution in [0.5, 0.6) is 0 Å². The first kappa shape index (κ1) is 12.0. The number of hydrogen-bond donors (Lipinski definition) is 1. The molecule has 6 heteroatoms. The molecule has 0 aromatic carbocycles. The number of nitrogens with zero attached hydrogens (tertiary/aromatic N) is 2. The van der Waals surface area contributed by atoms with Crippen molar-refractivity contribution in [3.05, 3.63) is 11.1 Å². The molecule has 1 aliphatic rings. The summed E-state index contributed by atoms with van der Waals surface area (Å²) in [4.78, 5) is 28.6. The average Bonchev–Trinajstić information content (AvgIpc) is 2.82. The lowest BCUT2D eigenvalue weighted by Crippen LogP contribution is -2.31. The Labute approximate surface area is 104 Å². The molecule has 0 aliphatic carbocycles. The van der Waals surface area contributed by atoms with Gasteiger partial charge in [0.1, 0.15) is 6.04 Å². The van der Waals surface area contributed by atoms with Gasteiger partial charge < -0.3 is 5.32 Å². The fourth-order valence-electron chi connectivity index (χ4n) is 1.63. The van der Waals surface area contributed by atoms with E-state index < -0.39 is 6.04 Å². The number of likely N-dealkylation sites (tertiary alicyclic amines) is 1. The van der Waals surface area contributed by atoms with Gasteiger partial charge in [0.25, 0.3) is 5.91 Å². The Morgan fingerprint density at radius 2 is 2.24 bits per heavy atom. The Morgan fingerprint density at radius 3 is 2.71 bits per heavy atom. The van der Waals surface area contributed by atoms with Gasteiger partial charge in [0, 0.05) is 12.4 Å². The van der Waals surface area contributed by atoms with Gasteiger partial charge in [-0.2, -0.15) is 0 Å². The quantitative estimate of drug-likeness (QED) is 0.828. The third-order valence-corrected chi connectivity index (χ3v) is 3.58. The molecule has 2 amide bonds. The van der Waals surface area contributed by atoms with Gasteiger partial charge in [-0.25, -0.2) is 4.98 Å². The number of amides is 2. The van der Waals surface area contributed by atoms with Gasteiger partial charge in [-0.1, -0.05) is 13.8 Å². The van der Waals surface area contributed by atoms with Crippen LogP contribution < -0.4 is 5.32 Å². The van der Waals surface area contributed by atoms with Crippen LogP contribution >= 0.6 is 11.3 Å². The molecule has 1 fully saturated rings. The molecule has 0 radical (unpaired) electrons. The van der Waals surface area contributed by atoms with Crippen LogP contribution in [0.1, 0.15) is 31.9 Å². The lowest BCUT2D eigenvalue weighted by Gasteiger charge is -2.09. The minimum absolute atomic E-state index is 0.145. The molecule has 1 aliphatic heterocycles. The topological polar surface area (TPSA) is 62.3 Å². The first-order chi connectivity index (χ1) is 7.99. The number of likely N-dealkylation sites (N-methyl/N-ethyl adjacent to an activating group) is 1. The number of thiazole rings is 1. The van der Waals surface area contributed by atoms with E-state index in [1.54, 1.807) is 0 Å². The van der Waals surface area contributed by atoms with Gasteiger partial charge in [0.15, 0.2) is 5.13 Å². The van der Waals surface area contributed by atoms with Crippen LogP contribution in [0.15, 0.2) is 5.38 Å². The van der Waals surface area contributed by atoms with Crippen molar-refractivity contribution >= 4 is 28.3 Å². The van der Waals surface area contributed by atoms with Crippen LogP contribution in [0.2, 0.25) is 0 Å². The molecule has 0 saturated carbocycles. The molecule has 5 nitrogen and oxygen atoms in total. The van der Waals surface area contributed by atoms with E-state index in [4.69, 9.17) is 0 Å². The number of rotatable bonds is 3. The molecule has 1 saturated heterocycles. The van der Waals surface area contributed by atoms with Crippen LogP contribution in [0, 0.1) is 0 Å². The number of nitrogens with one attached hydrogen (secondary N) is 1. The predicted octanol–water partition coefficient (Wildman–Crippen LogP) is 1.44. The van der Waals surface area contributed by atoms with Gasteiger partial charge in [-0.15, -0.1) is 11.3 Å². The summed E-state index contributed by atoms with van der Waals surface area (Å²) in [7, 11) is 1.51. The molecule has 1 aromatic heterocycles. The predicted molar refractivity (Wildman–Crippen MR) is 66.0 cm³/mol. The molecule has 17 heavy (non-hydrogen) atoms. The second-order valence-corrected chi connectivity index (χ2v) is 5.28. The lowest BCUT2D eigenvalue weighted by atomic mass is 10.2. The minimum Gasteiger partial charge on any atom is -0.349 e. The Bertz CT molecular complexity index is 455. The Balaban J connectivity index is 2.06. The number of aromatic nitrogens is 1. The van der Waals surface area contributed by atoms with E-state index in [0.29, 0.717) is 11.0 Å². The molecule has 1 atom stereocenters. The molecule has 1 unspecified atom stereocenters. The highest BCUT2D eigenvalue weighted by Gasteiger charge is 2.36. The zero-order valence-electron chi connectivity index (χ0n) is 10.1. The van der Waals surface area contributed by atoms with Gasteiger partial charge in [-0.05, 0) is 5.92 Å². The highest BCUT2D eigenvalue weighted by atomic mass is 32.1. The summed E-state index contributed by atoms with van der Waals surface area (Å²) in [5.41, 5.74) is 1.00. The molecular weight excluding hydrogens is 238 g/mol. The molecule has 1 aromatic rings. The number of carbonyl (C=O) groups excluding carboxylic acids is 2. The van der Waals surface area contributed by atoms with Crippen LogP contribution in [-0.4, -0.2) is 34.8 Å². The first-order valence-corrected chi connectivity index (χ1v) is 6.39. The van der Waals surface area contributed by atoms with Crippen molar-refractivity contribution in [2.75, 3.05) is 12.4 Å². The zero-order chi connectivity index (χ0) is 12.6. The van der Waals surface area contributed by atoms with E-state index in [1.807, 2.05) is 5.38 Å². The first-order valence-electron chi connectivity index (χ1n) is 5.51. The normalized spacial score (nSPS) is 20.5. The van der Waals surface area contributed by atoms with Crippen LogP contribution in [0.3, 0.4) is 0 Å². The third kappa shape index (κ3) is 2.31.